The van der Waals surface area contributed by atoms with E-state index in [1.54, 1.807) is 0 Å². The van der Waals surface area contributed by atoms with Crippen molar-refractivity contribution in [1.82, 2.24) is 14.3 Å². The zero-order valence-electron chi connectivity index (χ0n) is 19.5. The first-order valence-corrected chi connectivity index (χ1v) is 12.7. The number of hydrogen-bond acceptors (Lipinski definition) is 6. The first kappa shape index (κ1) is 27.3. The molecule has 0 aliphatic carbocycles. The molecule has 4 rings (SSSR count). The predicted molar refractivity (Wildman–Crippen MR) is 124 cm³/mol. The second-order valence-electron chi connectivity index (χ2n) is 8.56. The van der Waals surface area contributed by atoms with Crippen LogP contribution in [0.1, 0.15) is 29.8 Å². The van der Waals surface area contributed by atoms with E-state index in [4.69, 9.17) is 0 Å². The molecule has 0 saturated carbocycles. The number of hydrogen-bond donors (Lipinski definition) is 0. The van der Waals surface area contributed by atoms with Crippen LogP contribution in [0.4, 0.5) is 22.0 Å². The molecule has 13 heteroatoms. The van der Waals surface area contributed by atoms with Crippen LogP contribution in [0.25, 0.3) is 11.1 Å². The number of halogens is 5. The van der Waals surface area contributed by atoms with Gasteiger partial charge in [0.15, 0.2) is 5.78 Å². The van der Waals surface area contributed by atoms with E-state index in [9.17, 15) is 40.4 Å². The van der Waals surface area contributed by atoms with Gasteiger partial charge in [0.2, 0.25) is 15.8 Å². The molecule has 1 saturated heterocycles. The van der Waals surface area contributed by atoms with Gasteiger partial charge in [-0.15, -0.1) is 0 Å². The van der Waals surface area contributed by atoms with Crippen molar-refractivity contribution in [1.29, 1.82) is 5.26 Å². The van der Waals surface area contributed by atoms with E-state index >= 15 is 0 Å². The lowest BCUT2D eigenvalue weighted by Crippen LogP contribution is -2.44. The monoisotopic (exact) mass is 550 g/mol. The van der Waals surface area contributed by atoms with Crippen molar-refractivity contribution in [2.75, 3.05) is 6.54 Å². The molecular weight excluding hydrogens is 531 g/mol. The third kappa shape index (κ3) is 5.56. The molecule has 1 aliphatic heterocycles. The fourth-order valence-electron chi connectivity index (χ4n) is 4.22. The number of carbonyl (C=O) groups excluding carboxylic acids is 1. The van der Waals surface area contributed by atoms with Gasteiger partial charge in [0.1, 0.15) is 18.0 Å². The van der Waals surface area contributed by atoms with Crippen LogP contribution in [0.3, 0.4) is 0 Å². The lowest BCUT2D eigenvalue weighted by molar-refractivity contribution is -0.145. The van der Waals surface area contributed by atoms with Crippen LogP contribution in [0.2, 0.25) is 0 Å². The molecule has 1 aromatic heterocycles. The highest BCUT2D eigenvalue weighted by Gasteiger charge is 2.45. The van der Waals surface area contributed by atoms with Gasteiger partial charge in [0.05, 0.1) is 16.5 Å². The molecule has 1 aliphatic rings. The third-order valence-electron chi connectivity index (χ3n) is 6.13. The molecule has 0 unspecified atom stereocenters. The van der Waals surface area contributed by atoms with E-state index in [1.807, 2.05) is 6.07 Å². The minimum Gasteiger partial charge on any atom is -0.298 e. The van der Waals surface area contributed by atoms with E-state index in [0.29, 0.717) is 11.1 Å². The topological polar surface area (TPSA) is 104 Å². The van der Waals surface area contributed by atoms with E-state index in [2.05, 4.69) is 9.97 Å². The highest BCUT2D eigenvalue weighted by Crippen LogP contribution is 2.31. The highest BCUT2D eigenvalue weighted by molar-refractivity contribution is 7.89. The summed E-state index contributed by atoms with van der Waals surface area (Å²) in [4.78, 5) is 19.4. The number of sulfonamides is 1. The number of aryl methyl sites for hydroxylation is 1. The van der Waals surface area contributed by atoms with Crippen LogP contribution in [0.5, 0.6) is 0 Å². The molecular formula is C25H19F5N4O3S. The van der Waals surface area contributed by atoms with Gasteiger partial charge in [-0.3, -0.25) is 4.79 Å². The molecule has 2 atom stereocenters. The Labute approximate surface area is 214 Å². The quantitative estimate of drug-likeness (QED) is 0.402. The fraction of sp³-hybridized carbons (Fsp3) is 0.280. The minimum atomic E-state index is -4.71. The molecule has 0 radical (unpaired) electrons. The van der Waals surface area contributed by atoms with Crippen molar-refractivity contribution < 1.29 is 35.2 Å². The number of aromatic nitrogens is 2. The molecule has 0 amide bonds. The maximum atomic E-state index is 14.7. The van der Waals surface area contributed by atoms with Gasteiger partial charge in [-0.25, -0.2) is 27.2 Å². The van der Waals surface area contributed by atoms with E-state index < -0.39 is 45.8 Å². The van der Waals surface area contributed by atoms with Gasteiger partial charge in [-0.1, -0.05) is 6.07 Å². The molecule has 3 aromatic rings. The smallest absolute Gasteiger partial charge is 0.298 e. The molecule has 1 fully saturated rings. The SMILES string of the molecule is N#Cc1ccc(-c2cnc(C(F)(F)F)nc2)cc1CCC(=O)[C@@H]1[C@H](F)CCN1S(=O)(=O)c1ccc(F)cc1. The minimum absolute atomic E-state index is 0.0509. The molecule has 198 valence electrons. The predicted octanol–water partition coefficient (Wildman–Crippen LogP) is 4.48. The van der Waals surface area contributed by atoms with Crippen LogP contribution in [-0.4, -0.2) is 47.2 Å². The van der Waals surface area contributed by atoms with Crippen LogP contribution in [0, 0.1) is 17.1 Å². The summed E-state index contributed by atoms with van der Waals surface area (Å²) in [5.41, 5.74) is 1.18. The van der Waals surface area contributed by atoms with E-state index in [1.165, 1.54) is 18.2 Å². The zero-order valence-corrected chi connectivity index (χ0v) is 20.3. The van der Waals surface area contributed by atoms with Crippen molar-refractivity contribution in [2.45, 2.75) is 42.5 Å². The van der Waals surface area contributed by atoms with E-state index in [0.717, 1.165) is 41.0 Å². The molecule has 0 spiro atoms. The van der Waals surface area contributed by atoms with Gasteiger partial charge in [0, 0.05) is 30.9 Å². The Balaban J connectivity index is 1.54. The molecule has 0 N–H and O–H groups in total. The van der Waals surface area contributed by atoms with Gasteiger partial charge in [0.25, 0.3) is 0 Å². The van der Waals surface area contributed by atoms with Crippen LogP contribution in [-0.2, 0) is 27.4 Å². The first-order valence-electron chi connectivity index (χ1n) is 11.3. The number of ketones is 1. The first-order chi connectivity index (χ1) is 17.9. The number of nitrogens with zero attached hydrogens (tertiary/aromatic N) is 4. The summed E-state index contributed by atoms with van der Waals surface area (Å²) in [6, 6.07) is 8.75. The number of benzene rings is 2. The lowest BCUT2D eigenvalue weighted by atomic mass is 9.95. The van der Waals surface area contributed by atoms with Crippen LogP contribution >= 0.6 is 0 Å². The number of rotatable bonds is 7. The third-order valence-corrected chi connectivity index (χ3v) is 8.03. The Hall–Kier alpha value is -3.76. The molecule has 2 heterocycles. The standard InChI is InChI=1S/C25H19F5N4O3S/c26-19-4-6-20(7-5-19)38(36,37)34-10-9-21(27)23(34)22(35)8-3-15-11-16(1-2-17(15)12-31)18-13-32-24(33-14-18)25(28,29)30/h1-2,4-7,11,13-14,21,23H,3,8-10H2/t21-,23+/m1/s1. The zero-order chi connectivity index (χ0) is 27.7. The molecule has 0 bridgehead atoms. The summed E-state index contributed by atoms with van der Waals surface area (Å²) < 4.78 is 93.1. The Kier molecular flexibility index (Phi) is 7.57. The summed E-state index contributed by atoms with van der Waals surface area (Å²) in [7, 11) is -4.28. The summed E-state index contributed by atoms with van der Waals surface area (Å²) in [6.45, 7) is -0.232. The number of nitriles is 1. The maximum Gasteiger partial charge on any atom is 0.451 e. The lowest BCUT2D eigenvalue weighted by Gasteiger charge is -2.24. The van der Waals surface area contributed by atoms with Crippen molar-refractivity contribution in [3.8, 4) is 17.2 Å². The van der Waals surface area contributed by atoms with Crippen molar-refractivity contribution in [3.05, 3.63) is 77.6 Å². The van der Waals surface area contributed by atoms with Crippen molar-refractivity contribution in [2.24, 2.45) is 0 Å². The average molecular weight is 551 g/mol. The molecule has 7 nitrogen and oxygen atoms in total. The van der Waals surface area contributed by atoms with Gasteiger partial charge < -0.3 is 0 Å². The Morgan fingerprint density at radius 2 is 1.74 bits per heavy atom. The average Bonchev–Trinajstić information content (AvgIpc) is 3.29. The second-order valence-corrected chi connectivity index (χ2v) is 10.5. The fourth-order valence-corrected chi connectivity index (χ4v) is 5.87. The Morgan fingerprint density at radius 3 is 2.34 bits per heavy atom. The largest absolute Gasteiger partial charge is 0.451 e. The van der Waals surface area contributed by atoms with Gasteiger partial charge >= 0.3 is 6.18 Å². The summed E-state index contributed by atoms with van der Waals surface area (Å²) in [5, 5.41) is 9.46. The molecule has 38 heavy (non-hydrogen) atoms. The maximum absolute atomic E-state index is 14.7. The number of Topliss-reactive ketones (excluding diaryl/α,β-unsaturated/α-hetero) is 1. The summed E-state index contributed by atoms with van der Waals surface area (Å²) >= 11 is 0. The Bertz CT molecular complexity index is 1490. The highest BCUT2D eigenvalue weighted by atomic mass is 32.2. The van der Waals surface area contributed by atoms with Crippen molar-refractivity contribution >= 4 is 15.8 Å². The number of alkyl halides is 4. The van der Waals surface area contributed by atoms with Crippen LogP contribution < -0.4 is 0 Å². The summed E-state index contributed by atoms with van der Waals surface area (Å²) in [6.07, 6.45) is -5.03. The Morgan fingerprint density at radius 1 is 1.08 bits per heavy atom. The summed E-state index contributed by atoms with van der Waals surface area (Å²) in [5.74, 6) is -2.66. The van der Waals surface area contributed by atoms with Gasteiger partial charge in [-0.05, 0) is 60.4 Å². The second kappa shape index (κ2) is 10.5. The van der Waals surface area contributed by atoms with E-state index in [-0.39, 0.29) is 41.8 Å². The van der Waals surface area contributed by atoms with Crippen LogP contribution in [0.15, 0.2) is 59.8 Å². The van der Waals surface area contributed by atoms with Gasteiger partial charge in [-0.2, -0.15) is 22.7 Å². The van der Waals surface area contributed by atoms with Crippen molar-refractivity contribution in [3.63, 3.8) is 0 Å². The molecule has 2 aromatic carbocycles. The normalized spacial score (nSPS) is 18.3. The number of carbonyl (C=O) groups is 1.